The standard InChI is InChI=1S/C33H34N2O10.ClH/c1-15-27(36)21(34)12-23(43-15)45-22-14-33(42,16(2)44-32(41)35-17-8-4-3-5-9-17)13-20-24(22)31(40)26-25(30(20)39)28(37)18-10-6-7-11-19(18)29(26)38;/h3-11,15-16,21-23,27,36,39-40,42H,12-14,34H2,1-2H3,(H,35,41);1H/t15-,16+,21-,22-,23?,27+,33-;/m0./s1. The van der Waals surface area contributed by atoms with Crippen molar-refractivity contribution in [1.29, 1.82) is 0 Å². The number of hydrogen-bond acceptors (Lipinski definition) is 11. The van der Waals surface area contributed by atoms with E-state index in [1.54, 1.807) is 49.4 Å². The fourth-order valence-corrected chi connectivity index (χ4v) is 6.43. The predicted molar refractivity (Wildman–Crippen MR) is 166 cm³/mol. The van der Waals surface area contributed by atoms with Crippen LogP contribution in [0.4, 0.5) is 10.5 Å². The zero-order chi connectivity index (χ0) is 32.2. The minimum Gasteiger partial charge on any atom is -0.507 e. The van der Waals surface area contributed by atoms with Crippen LogP contribution in [0.2, 0.25) is 0 Å². The number of benzene rings is 3. The minimum atomic E-state index is -1.88. The lowest BCUT2D eigenvalue weighted by molar-refractivity contribution is -0.250. The number of ketones is 2. The van der Waals surface area contributed by atoms with Crippen LogP contribution in [0.25, 0.3) is 0 Å². The Morgan fingerprint density at radius 3 is 2.22 bits per heavy atom. The minimum absolute atomic E-state index is 0. The molecule has 244 valence electrons. The van der Waals surface area contributed by atoms with Crippen LogP contribution in [-0.4, -0.2) is 74.3 Å². The normalized spacial score (nSPS) is 27.4. The van der Waals surface area contributed by atoms with Crippen LogP contribution < -0.4 is 11.1 Å². The van der Waals surface area contributed by atoms with Crippen LogP contribution >= 0.6 is 12.4 Å². The number of nitrogens with one attached hydrogen (secondary N) is 1. The summed E-state index contributed by atoms with van der Waals surface area (Å²) in [5.41, 5.74) is 4.02. The number of halogens is 1. The first-order chi connectivity index (χ1) is 21.4. The Morgan fingerprint density at radius 1 is 1.02 bits per heavy atom. The number of hydrogen-bond donors (Lipinski definition) is 6. The highest BCUT2D eigenvalue weighted by atomic mass is 35.5. The van der Waals surface area contributed by atoms with E-state index in [9.17, 15) is 34.8 Å². The lowest BCUT2D eigenvalue weighted by Crippen LogP contribution is -2.53. The van der Waals surface area contributed by atoms with Crippen LogP contribution in [0.1, 0.15) is 75.8 Å². The van der Waals surface area contributed by atoms with Gasteiger partial charge in [0.05, 0.1) is 29.4 Å². The molecule has 1 fully saturated rings. The third-order valence-electron chi connectivity index (χ3n) is 8.93. The number of aliphatic hydroxyl groups excluding tert-OH is 1. The van der Waals surface area contributed by atoms with Crippen molar-refractivity contribution < 1.29 is 49.0 Å². The molecule has 0 bridgehead atoms. The van der Waals surface area contributed by atoms with Crippen molar-refractivity contribution in [2.24, 2.45) is 5.73 Å². The van der Waals surface area contributed by atoms with Gasteiger partial charge in [0.15, 0.2) is 17.9 Å². The second kappa shape index (κ2) is 12.6. The molecule has 3 aromatic carbocycles. The molecule has 2 aliphatic carbocycles. The summed E-state index contributed by atoms with van der Waals surface area (Å²) in [6.45, 7) is 3.09. The van der Waals surface area contributed by atoms with Gasteiger partial charge in [0.25, 0.3) is 0 Å². The van der Waals surface area contributed by atoms with E-state index < -0.39 is 71.5 Å². The number of nitrogens with two attached hydrogens (primary N) is 1. The zero-order valence-electron chi connectivity index (χ0n) is 25.0. The summed E-state index contributed by atoms with van der Waals surface area (Å²) < 4.78 is 17.6. The fraction of sp³-hybridized carbons (Fsp3) is 0.364. The molecule has 12 nitrogen and oxygen atoms in total. The Kier molecular flexibility index (Phi) is 9.15. The number of aromatic hydroxyl groups is 2. The van der Waals surface area contributed by atoms with Crippen molar-refractivity contribution in [3.63, 3.8) is 0 Å². The fourth-order valence-electron chi connectivity index (χ4n) is 6.43. The molecule has 46 heavy (non-hydrogen) atoms. The molecule has 1 unspecified atom stereocenters. The molecule has 3 aliphatic rings. The molecule has 3 aromatic rings. The summed E-state index contributed by atoms with van der Waals surface area (Å²) in [6, 6.07) is 13.9. The van der Waals surface area contributed by atoms with Crippen molar-refractivity contribution in [3.05, 3.63) is 88.0 Å². The van der Waals surface area contributed by atoms with Gasteiger partial charge in [-0.1, -0.05) is 42.5 Å². The number of phenolic OH excluding ortho intramolecular Hbond substituents is 2. The molecule has 13 heteroatoms. The van der Waals surface area contributed by atoms with Gasteiger partial charge in [0.1, 0.15) is 23.2 Å². The molecule has 0 spiro atoms. The van der Waals surface area contributed by atoms with E-state index in [2.05, 4.69) is 5.32 Å². The molecule has 1 amide bonds. The van der Waals surface area contributed by atoms with Crippen LogP contribution in [0, 0.1) is 0 Å². The zero-order valence-corrected chi connectivity index (χ0v) is 25.8. The van der Waals surface area contributed by atoms with E-state index in [-0.39, 0.29) is 65.1 Å². The van der Waals surface area contributed by atoms with Gasteiger partial charge in [-0.2, -0.15) is 0 Å². The number of para-hydroxylation sites is 1. The smallest absolute Gasteiger partial charge is 0.411 e. The van der Waals surface area contributed by atoms with Gasteiger partial charge < -0.3 is 40.4 Å². The van der Waals surface area contributed by atoms with E-state index >= 15 is 0 Å². The first-order valence-corrected chi connectivity index (χ1v) is 14.7. The molecule has 6 rings (SSSR count). The number of carbonyl (C=O) groups is 3. The third-order valence-corrected chi connectivity index (χ3v) is 8.93. The summed E-state index contributed by atoms with van der Waals surface area (Å²) in [7, 11) is 0. The number of phenols is 2. The van der Waals surface area contributed by atoms with Gasteiger partial charge in [-0.25, -0.2) is 4.79 Å². The monoisotopic (exact) mass is 654 g/mol. The maximum Gasteiger partial charge on any atom is 0.411 e. The number of fused-ring (bicyclic) bond motifs is 3. The topological polar surface area (TPSA) is 198 Å². The maximum absolute atomic E-state index is 13.6. The van der Waals surface area contributed by atoms with Crippen LogP contribution in [0.15, 0.2) is 54.6 Å². The first kappa shape index (κ1) is 33.3. The highest BCUT2D eigenvalue weighted by Gasteiger charge is 2.50. The van der Waals surface area contributed by atoms with E-state index in [4.69, 9.17) is 19.9 Å². The van der Waals surface area contributed by atoms with E-state index in [0.29, 0.717) is 5.69 Å². The maximum atomic E-state index is 13.6. The summed E-state index contributed by atoms with van der Waals surface area (Å²) in [6.07, 6.45) is -6.49. The Hall–Kier alpha value is -4.04. The van der Waals surface area contributed by atoms with Crippen molar-refractivity contribution in [2.45, 2.75) is 75.5 Å². The Balaban J connectivity index is 0.00000417. The van der Waals surface area contributed by atoms with Crippen LogP contribution in [0.5, 0.6) is 11.5 Å². The van der Waals surface area contributed by atoms with Gasteiger partial charge in [0, 0.05) is 53.2 Å². The molecule has 1 heterocycles. The molecule has 1 saturated heterocycles. The van der Waals surface area contributed by atoms with Crippen LogP contribution in [-0.2, 0) is 20.6 Å². The van der Waals surface area contributed by atoms with Crippen molar-refractivity contribution in [3.8, 4) is 11.5 Å². The highest BCUT2D eigenvalue weighted by molar-refractivity contribution is 6.30. The largest absolute Gasteiger partial charge is 0.507 e. The van der Waals surface area contributed by atoms with E-state index in [1.165, 1.54) is 19.1 Å². The number of anilines is 1. The van der Waals surface area contributed by atoms with Gasteiger partial charge in [-0.05, 0) is 26.0 Å². The van der Waals surface area contributed by atoms with Gasteiger partial charge >= 0.3 is 6.09 Å². The number of amides is 1. The molecule has 1 aliphatic heterocycles. The molecular formula is C33H35ClN2O10. The molecule has 0 saturated carbocycles. The lowest BCUT2D eigenvalue weighted by Gasteiger charge is -2.44. The molecule has 0 aromatic heterocycles. The van der Waals surface area contributed by atoms with Gasteiger partial charge in [0.2, 0.25) is 0 Å². The number of ether oxygens (including phenoxy) is 3. The van der Waals surface area contributed by atoms with Crippen molar-refractivity contribution in [2.75, 3.05) is 5.32 Å². The van der Waals surface area contributed by atoms with Gasteiger partial charge in [-0.15, -0.1) is 12.4 Å². The second-order valence-electron chi connectivity index (χ2n) is 11.9. The summed E-state index contributed by atoms with van der Waals surface area (Å²) in [5, 5.41) is 48.1. The predicted octanol–water partition coefficient (Wildman–Crippen LogP) is 3.49. The molecule has 7 N–H and O–H groups in total. The number of rotatable bonds is 5. The van der Waals surface area contributed by atoms with E-state index in [1.807, 2.05) is 0 Å². The number of aliphatic hydroxyl groups is 2. The average Bonchev–Trinajstić information content (AvgIpc) is 3.00. The second-order valence-corrected chi connectivity index (χ2v) is 11.9. The summed E-state index contributed by atoms with van der Waals surface area (Å²) >= 11 is 0. The average molecular weight is 655 g/mol. The third kappa shape index (κ3) is 5.72. The summed E-state index contributed by atoms with van der Waals surface area (Å²) in [4.78, 5) is 39.9. The number of carbonyl (C=O) groups excluding carboxylic acids is 3. The van der Waals surface area contributed by atoms with Crippen molar-refractivity contribution >= 4 is 35.8 Å². The quantitative estimate of drug-likeness (QED) is 0.172. The Morgan fingerprint density at radius 2 is 1.61 bits per heavy atom. The highest BCUT2D eigenvalue weighted by Crippen LogP contribution is 2.52. The van der Waals surface area contributed by atoms with E-state index in [0.717, 1.165) is 0 Å². The summed E-state index contributed by atoms with van der Waals surface area (Å²) in [5.74, 6) is -2.49. The van der Waals surface area contributed by atoms with Gasteiger partial charge in [-0.3, -0.25) is 14.9 Å². The first-order valence-electron chi connectivity index (χ1n) is 14.7. The Labute approximate surface area is 270 Å². The molecule has 7 atom stereocenters. The Bertz CT molecular complexity index is 1670. The SMILES string of the molecule is C[C@@H]1OC(O[C@H]2C[C@](O)([C@@H](C)OC(=O)Nc3ccccc3)Cc3c(O)c4c(c(O)c32)C(=O)c2ccccc2C4=O)C[C@H](N)[C@@H]1O.Cl. The molecular weight excluding hydrogens is 620 g/mol. The van der Waals surface area contributed by atoms with Crippen LogP contribution in [0.3, 0.4) is 0 Å². The van der Waals surface area contributed by atoms with Crippen molar-refractivity contribution in [1.82, 2.24) is 0 Å². The lowest BCUT2D eigenvalue weighted by atomic mass is 9.71. The molecule has 0 radical (unpaired) electrons.